The van der Waals surface area contributed by atoms with Crippen molar-refractivity contribution in [2.24, 2.45) is 0 Å². The summed E-state index contributed by atoms with van der Waals surface area (Å²) in [4.78, 5) is 16.0. The van der Waals surface area contributed by atoms with Crippen molar-refractivity contribution < 1.29 is 22.7 Å². The summed E-state index contributed by atoms with van der Waals surface area (Å²) < 4.78 is 47.0. The Hall–Kier alpha value is -2.30. The number of hydrogen-bond acceptors (Lipinski definition) is 6. The van der Waals surface area contributed by atoms with Gasteiger partial charge in [0.15, 0.2) is 18.1 Å². The van der Waals surface area contributed by atoms with Crippen molar-refractivity contribution in [1.29, 1.82) is 0 Å². The molecule has 2 aliphatic heterocycles. The van der Waals surface area contributed by atoms with E-state index in [1.54, 1.807) is 13.2 Å². The molecule has 0 amide bonds. The van der Waals surface area contributed by atoms with Gasteiger partial charge in [-0.05, 0) is 12.1 Å². The van der Waals surface area contributed by atoms with Crippen molar-refractivity contribution in [3.8, 4) is 5.75 Å². The first-order chi connectivity index (χ1) is 14.8. The van der Waals surface area contributed by atoms with Crippen molar-refractivity contribution in [3.05, 3.63) is 40.2 Å². The number of carbonyl (C=O) groups is 1. The molecule has 0 radical (unpaired) electrons. The van der Waals surface area contributed by atoms with Gasteiger partial charge in [-0.25, -0.2) is 4.68 Å². The molecule has 3 heterocycles. The average molecular weight is 458 g/mol. The molecule has 0 bridgehead atoms. The zero-order valence-corrected chi connectivity index (χ0v) is 17.7. The van der Waals surface area contributed by atoms with Crippen molar-refractivity contribution in [1.82, 2.24) is 20.0 Å². The number of nitrogens with one attached hydrogen (secondary N) is 1. The third kappa shape index (κ3) is 4.24. The molecule has 4 rings (SSSR count). The van der Waals surface area contributed by atoms with Crippen LogP contribution < -0.4 is 15.0 Å². The zero-order valence-electron chi connectivity index (χ0n) is 17.0. The number of carbonyl (C=O) groups excluding carboxylic acids is 1. The van der Waals surface area contributed by atoms with Gasteiger partial charge in [0, 0.05) is 68.7 Å². The molecule has 1 saturated heterocycles. The molecular weight excluding hydrogens is 435 g/mol. The standard InChI is InChI=1S/C20H23ClF3N5O2/c1-31-17-10-13(2-3-15(17)21)27-6-8-28(9-7-27)18(12-30)29-16-4-5-25-11-14(16)19(26-29)20(22,23)24/h2-3,10,12,18,25H,4-9,11H2,1H3. The predicted molar refractivity (Wildman–Crippen MR) is 110 cm³/mol. The molecule has 1 unspecified atom stereocenters. The molecule has 1 N–H and O–H groups in total. The maximum absolute atomic E-state index is 13.5. The number of alkyl halides is 3. The van der Waals surface area contributed by atoms with E-state index in [4.69, 9.17) is 16.3 Å². The van der Waals surface area contributed by atoms with Crippen LogP contribution in [0.4, 0.5) is 18.9 Å². The van der Waals surface area contributed by atoms with Crippen LogP contribution in [0.15, 0.2) is 18.2 Å². The fourth-order valence-electron chi connectivity index (χ4n) is 4.21. The third-order valence-electron chi connectivity index (χ3n) is 5.79. The van der Waals surface area contributed by atoms with Crippen LogP contribution in [-0.2, 0) is 23.9 Å². The molecule has 0 saturated carbocycles. The Bertz CT molecular complexity index is 957. The SMILES string of the molecule is COc1cc(N2CCN(C(C=O)n3nc(C(F)(F)F)c4c3CCNC4)CC2)ccc1Cl. The smallest absolute Gasteiger partial charge is 0.435 e. The van der Waals surface area contributed by atoms with E-state index in [0.29, 0.717) is 61.9 Å². The van der Waals surface area contributed by atoms with Crippen LogP contribution in [0.1, 0.15) is 23.1 Å². The number of piperazine rings is 1. The Morgan fingerprint density at radius 2 is 2.00 bits per heavy atom. The summed E-state index contributed by atoms with van der Waals surface area (Å²) in [7, 11) is 1.55. The number of anilines is 1. The second-order valence-electron chi connectivity index (χ2n) is 7.53. The van der Waals surface area contributed by atoms with Gasteiger partial charge in [0.05, 0.1) is 12.1 Å². The molecule has 0 spiro atoms. The molecule has 1 fully saturated rings. The molecule has 168 valence electrons. The van der Waals surface area contributed by atoms with Crippen molar-refractivity contribution in [2.45, 2.75) is 25.3 Å². The van der Waals surface area contributed by atoms with Gasteiger partial charge in [0.1, 0.15) is 5.75 Å². The maximum Gasteiger partial charge on any atom is 0.435 e. The largest absolute Gasteiger partial charge is 0.495 e. The summed E-state index contributed by atoms with van der Waals surface area (Å²) in [6.45, 7) is 2.86. The van der Waals surface area contributed by atoms with E-state index in [-0.39, 0.29) is 12.1 Å². The molecule has 1 atom stereocenters. The highest BCUT2D eigenvalue weighted by Gasteiger charge is 2.41. The lowest BCUT2D eigenvalue weighted by molar-refractivity contribution is -0.142. The number of fused-ring (bicyclic) bond motifs is 1. The third-order valence-corrected chi connectivity index (χ3v) is 6.10. The topological polar surface area (TPSA) is 62.6 Å². The molecule has 1 aromatic heterocycles. The Kier molecular flexibility index (Phi) is 6.14. The molecule has 31 heavy (non-hydrogen) atoms. The normalized spacial score (nSPS) is 18.5. The highest BCUT2D eigenvalue weighted by atomic mass is 35.5. The first-order valence-electron chi connectivity index (χ1n) is 9.99. The van der Waals surface area contributed by atoms with Gasteiger partial charge >= 0.3 is 6.18 Å². The molecular formula is C20H23ClF3N5O2. The highest BCUT2D eigenvalue weighted by Crippen LogP contribution is 2.35. The minimum atomic E-state index is -4.56. The van der Waals surface area contributed by atoms with Crippen molar-refractivity contribution in [3.63, 3.8) is 0 Å². The Labute approximate surface area is 182 Å². The summed E-state index contributed by atoms with van der Waals surface area (Å²) in [5, 5.41) is 7.33. The lowest BCUT2D eigenvalue weighted by Gasteiger charge is -2.39. The summed E-state index contributed by atoms with van der Waals surface area (Å²) in [5.41, 5.74) is 0.643. The predicted octanol–water partition coefficient (Wildman–Crippen LogP) is 2.73. The quantitative estimate of drug-likeness (QED) is 0.697. The van der Waals surface area contributed by atoms with Gasteiger partial charge in [-0.3, -0.25) is 9.69 Å². The summed E-state index contributed by atoms with van der Waals surface area (Å²) in [6.07, 6.45) is -4.36. The van der Waals surface area contributed by atoms with Gasteiger partial charge < -0.3 is 15.0 Å². The first kappa shape index (κ1) is 21.9. The maximum atomic E-state index is 13.5. The summed E-state index contributed by atoms with van der Waals surface area (Å²) >= 11 is 6.09. The van der Waals surface area contributed by atoms with Crippen molar-refractivity contribution >= 4 is 23.6 Å². The number of methoxy groups -OCH3 is 1. The Balaban J connectivity index is 1.54. The second kappa shape index (κ2) is 8.68. The number of aldehydes is 1. The summed E-state index contributed by atoms with van der Waals surface area (Å²) in [6, 6.07) is 5.50. The lowest BCUT2D eigenvalue weighted by Crippen LogP contribution is -2.49. The van der Waals surface area contributed by atoms with Gasteiger partial charge in [-0.15, -0.1) is 0 Å². The number of nitrogens with zero attached hydrogens (tertiary/aromatic N) is 4. The van der Waals surface area contributed by atoms with Crippen LogP contribution in [-0.4, -0.2) is 60.8 Å². The zero-order chi connectivity index (χ0) is 22.2. The molecule has 1 aromatic carbocycles. The molecule has 11 heteroatoms. The number of ether oxygens (including phenoxy) is 1. The number of halogens is 4. The average Bonchev–Trinajstić information content (AvgIpc) is 3.15. The molecule has 7 nitrogen and oxygen atoms in total. The van der Waals surface area contributed by atoms with Crippen LogP contribution in [0.25, 0.3) is 0 Å². The van der Waals surface area contributed by atoms with Crippen LogP contribution in [0.5, 0.6) is 5.75 Å². The fraction of sp³-hybridized carbons (Fsp3) is 0.500. The van der Waals surface area contributed by atoms with E-state index in [0.717, 1.165) is 5.69 Å². The number of aromatic nitrogens is 2. The van der Waals surface area contributed by atoms with E-state index < -0.39 is 18.0 Å². The monoisotopic (exact) mass is 457 g/mol. The van der Waals surface area contributed by atoms with E-state index in [1.807, 2.05) is 17.0 Å². The van der Waals surface area contributed by atoms with E-state index in [9.17, 15) is 18.0 Å². The second-order valence-corrected chi connectivity index (χ2v) is 7.94. The van der Waals surface area contributed by atoms with Gasteiger partial charge in [-0.1, -0.05) is 11.6 Å². The van der Waals surface area contributed by atoms with Gasteiger partial charge in [-0.2, -0.15) is 18.3 Å². The van der Waals surface area contributed by atoms with Gasteiger partial charge in [0.25, 0.3) is 0 Å². The molecule has 0 aliphatic carbocycles. The van der Waals surface area contributed by atoms with Crippen LogP contribution in [0.3, 0.4) is 0 Å². The minimum absolute atomic E-state index is 0.0991. The Morgan fingerprint density at radius 3 is 2.65 bits per heavy atom. The van der Waals surface area contributed by atoms with Crippen LogP contribution >= 0.6 is 11.6 Å². The van der Waals surface area contributed by atoms with E-state index in [1.165, 1.54) is 4.68 Å². The van der Waals surface area contributed by atoms with Crippen molar-refractivity contribution in [2.75, 3.05) is 44.7 Å². The lowest BCUT2D eigenvalue weighted by atomic mass is 10.1. The Morgan fingerprint density at radius 1 is 1.26 bits per heavy atom. The van der Waals surface area contributed by atoms with Crippen LogP contribution in [0.2, 0.25) is 5.02 Å². The molecule has 2 aromatic rings. The molecule has 2 aliphatic rings. The highest BCUT2D eigenvalue weighted by molar-refractivity contribution is 6.32. The van der Waals surface area contributed by atoms with Gasteiger partial charge in [0.2, 0.25) is 0 Å². The van der Waals surface area contributed by atoms with E-state index in [2.05, 4.69) is 15.3 Å². The van der Waals surface area contributed by atoms with Crippen LogP contribution in [0, 0.1) is 0 Å². The number of rotatable bonds is 5. The fourth-order valence-corrected chi connectivity index (χ4v) is 4.40. The summed E-state index contributed by atoms with van der Waals surface area (Å²) in [5.74, 6) is 0.573. The number of benzene rings is 1. The minimum Gasteiger partial charge on any atom is -0.495 e. The first-order valence-corrected chi connectivity index (χ1v) is 10.4. The van der Waals surface area contributed by atoms with E-state index >= 15 is 0 Å². The number of hydrogen-bond donors (Lipinski definition) is 1.